The van der Waals surface area contributed by atoms with Gasteiger partial charge in [-0.15, -0.1) is 0 Å². The fraction of sp³-hybridized carbons (Fsp3) is 0.333. The van der Waals surface area contributed by atoms with E-state index in [1.54, 1.807) is 18.1 Å². The molecule has 2 N–H and O–H groups in total. The molecule has 0 amide bonds. The third kappa shape index (κ3) is 4.62. The first-order valence-electron chi connectivity index (χ1n) is 10.6. The van der Waals surface area contributed by atoms with Crippen molar-refractivity contribution in [2.75, 3.05) is 40.4 Å². The molecule has 7 heteroatoms. The normalized spacial score (nSPS) is 18.6. The van der Waals surface area contributed by atoms with Gasteiger partial charge in [0.05, 0.1) is 30.8 Å². The van der Waals surface area contributed by atoms with Crippen molar-refractivity contribution in [3.8, 4) is 11.5 Å². The standard InChI is InChI=1S/C24H27N3O4/c1-30-23-14-20(22(27(28)29)15-24(23)31-2)17-26-12-10-25(11-13-26)16-19-8-5-7-18-6-3-4-9-21(18)19/h3-9,14-15H,10-13,16-17H2,1-2H3/p+2. The first-order valence-corrected chi connectivity index (χ1v) is 10.6. The zero-order valence-electron chi connectivity index (χ0n) is 18.0. The summed E-state index contributed by atoms with van der Waals surface area (Å²) >= 11 is 0. The van der Waals surface area contributed by atoms with E-state index in [1.807, 2.05) is 0 Å². The summed E-state index contributed by atoms with van der Waals surface area (Å²) in [7, 11) is 3.04. The highest BCUT2D eigenvalue weighted by molar-refractivity contribution is 5.85. The molecule has 1 heterocycles. The number of hydrogen-bond acceptors (Lipinski definition) is 4. The summed E-state index contributed by atoms with van der Waals surface area (Å²) < 4.78 is 10.6. The molecule has 0 unspecified atom stereocenters. The predicted octanol–water partition coefficient (Wildman–Crippen LogP) is 1.25. The molecule has 31 heavy (non-hydrogen) atoms. The van der Waals surface area contributed by atoms with Gasteiger partial charge in [0.2, 0.25) is 0 Å². The number of fused-ring (bicyclic) bond motifs is 1. The van der Waals surface area contributed by atoms with Gasteiger partial charge in [0.1, 0.15) is 39.3 Å². The van der Waals surface area contributed by atoms with Crippen molar-refractivity contribution in [3.63, 3.8) is 0 Å². The van der Waals surface area contributed by atoms with Crippen molar-refractivity contribution in [2.45, 2.75) is 13.1 Å². The van der Waals surface area contributed by atoms with Crippen molar-refractivity contribution in [3.05, 3.63) is 75.8 Å². The molecule has 3 aromatic carbocycles. The second-order valence-corrected chi connectivity index (χ2v) is 8.08. The second-order valence-electron chi connectivity index (χ2n) is 8.08. The number of nitrogens with zero attached hydrogens (tertiary/aromatic N) is 1. The van der Waals surface area contributed by atoms with Gasteiger partial charge in [-0.1, -0.05) is 42.5 Å². The van der Waals surface area contributed by atoms with Gasteiger partial charge in [-0.25, -0.2) is 0 Å². The van der Waals surface area contributed by atoms with Crippen LogP contribution in [0.25, 0.3) is 10.8 Å². The van der Waals surface area contributed by atoms with E-state index in [2.05, 4.69) is 42.5 Å². The molecule has 1 fully saturated rings. The summed E-state index contributed by atoms with van der Waals surface area (Å²) in [4.78, 5) is 14.2. The van der Waals surface area contributed by atoms with Crippen LogP contribution in [-0.2, 0) is 13.1 Å². The number of nitro benzene ring substituents is 1. The second kappa shape index (κ2) is 9.32. The highest BCUT2D eigenvalue weighted by Gasteiger charge is 2.27. The minimum Gasteiger partial charge on any atom is -0.493 e. The van der Waals surface area contributed by atoms with Gasteiger partial charge in [0.25, 0.3) is 5.69 Å². The van der Waals surface area contributed by atoms with Gasteiger partial charge >= 0.3 is 0 Å². The Balaban J connectivity index is 1.43. The lowest BCUT2D eigenvalue weighted by molar-refractivity contribution is -1.02. The summed E-state index contributed by atoms with van der Waals surface area (Å²) in [6.45, 7) is 5.65. The molecule has 0 saturated carbocycles. The van der Waals surface area contributed by atoms with Crippen molar-refractivity contribution >= 4 is 16.5 Å². The van der Waals surface area contributed by atoms with Crippen molar-refractivity contribution < 1.29 is 24.2 Å². The number of rotatable bonds is 7. The summed E-state index contributed by atoms with van der Waals surface area (Å²) in [6.07, 6.45) is 0. The van der Waals surface area contributed by atoms with E-state index in [4.69, 9.17) is 9.47 Å². The van der Waals surface area contributed by atoms with Crippen LogP contribution in [-0.4, -0.2) is 45.3 Å². The highest BCUT2D eigenvalue weighted by Crippen LogP contribution is 2.34. The van der Waals surface area contributed by atoms with E-state index < -0.39 is 0 Å². The molecule has 162 valence electrons. The van der Waals surface area contributed by atoms with E-state index in [9.17, 15) is 10.1 Å². The molecule has 0 aliphatic carbocycles. The van der Waals surface area contributed by atoms with Gasteiger partial charge < -0.3 is 19.3 Å². The quantitative estimate of drug-likeness (QED) is 0.443. The summed E-state index contributed by atoms with van der Waals surface area (Å²) in [5.41, 5.74) is 2.16. The van der Waals surface area contributed by atoms with Crippen LogP contribution in [0.3, 0.4) is 0 Å². The Labute approximate surface area is 181 Å². The lowest BCUT2D eigenvalue weighted by Crippen LogP contribution is -3.27. The summed E-state index contributed by atoms with van der Waals surface area (Å²) in [6, 6.07) is 18.3. The van der Waals surface area contributed by atoms with Crippen LogP contribution in [0.4, 0.5) is 5.69 Å². The average molecular weight is 424 g/mol. The lowest BCUT2D eigenvalue weighted by atomic mass is 10.0. The summed E-state index contributed by atoms with van der Waals surface area (Å²) in [5, 5.41) is 14.2. The number of nitrogens with one attached hydrogen (secondary N) is 2. The van der Waals surface area contributed by atoms with Gasteiger partial charge in [-0.2, -0.15) is 0 Å². The van der Waals surface area contributed by atoms with Gasteiger partial charge in [0.15, 0.2) is 11.5 Å². The molecule has 4 rings (SSSR count). The Morgan fingerprint density at radius 3 is 2.06 bits per heavy atom. The molecule has 0 bridgehead atoms. The van der Waals surface area contributed by atoms with Crippen LogP contribution in [0.2, 0.25) is 0 Å². The number of piperazine rings is 1. The SMILES string of the molecule is COc1cc(C[NH+]2CC[NH+](Cc3cccc4ccccc34)CC2)c([N+](=O)[O-])cc1OC. The number of benzene rings is 3. The molecular formula is C24H29N3O4+2. The Bertz CT molecular complexity index is 1070. The van der Waals surface area contributed by atoms with Crippen LogP contribution >= 0.6 is 0 Å². The summed E-state index contributed by atoms with van der Waals surface area (Å²) in [5.74, 6) is 0.917. The lowest BCUT2D eigenvalue weighted by Gasteiger charge is -2.30. The predicted molar refractivity (Wildman–Crippen MR) is 119 cm³/mol. The molecule has 3 aromatic rings. The van der Waals surface area contributed by atoms with E-state index in [-0.39, 0.29) is 10.6 Å². The first-order chi connectivity index (χ1) is 15.1. The van der Waals surface area contributed by atoms with Crippen LogP contribution in [0.5, 0.6) is 11.5 Å². The Hall–Kier alpha value is -3.16. The molecule has 0 spiro atoms. The van der Waals surface area contributed by atoms with Gasteiger partial charge in [0, 0.05) is 5.56 Å². The minimum absolute atomic E-state index is 0.0932. The number of quaternary nitrogens is 2. The zero-order valence-corrected chi connectivity index (χ0v) is 18.0. The van der Waals surface area contributed by atoms with Gasteiger partial charge in [-0.3, -0.25) is 10.1 Å². The van der Waals surface area contributed by atoms with E-state index in [1.165, 1.54) is 34.4 Å². The smallest absolute Gasteiger partial charge is 0.282 e. The van der Waals surface area contributed by atoms with Crippen LogP contribution in [0, 0.1) is 10.1 Å². The highest BCUT2D eigenvalue weighted by atomic mass is 16.6. The van der Waals surface area contributed by atoms with Crippen molar-refractivity contribution in [2.24, 2.45) is 0 Å². The molecule has 0 radical (unpaired) electrons. The van der Waals surface area contributed by atoms with Crippen LogP contribution in [0.1, 0.15) is 11.1 Å². The molecule has 1 aliphatic heterocycles. The molecule has 7 nitrogen and oxygen atoms in total. The Kier molecular flexibility index (Phi) is 6.34. The fourth-order valence-corrected chi connectivity index (χ4v) is 4.52. The van der Waals surface area contributed by atoms with E-state index in [0.717, 1.165) is 32.7 Å². The largest absolute Gasteiger partial charge is 0.493 e. The van der Waals surface area contributed by atoms with Crippen LogP contribution in [0.15, 0.2) is 54.6 Å². The molecule has 0 aromatic heterocycles. The number of nitro groups is 1. The Morgan fingerprint density at radius 1 is 0.839 bits per heavy atom. The maximum atomic E-state index is 11.6. The molecule has 1 aliphatic rings. The number of methoxy groups -OCH3 is 2. The van der Waals surface area contributed by atoms with Gasteiger partial charge in [-0.05, 0) is 16.8 Å². The monoisotopic (exact) mass is 423 g/mol. The van der Waals surface area contributed by atoms with Crippen molar-refractivity contribution in [1.29, 1.82) is 0 Å². The molecular weight excluding hydrogens is 394 g/mol. The zero-order chi connectivity index (χ0) is 21.8. The van der Waals surface area contributed by atoms with Crippen LogP contribution < -0.4 is 19.3 Å². The third-order valence-electron chi connectivity index (χ3n) is 6.21. The maximum Gasteiger partial charge on any atom is 0.282 e. The third-order valence-corrected chi connectivity index (χ3v) is 6.21. The van der Waals surface area contributed by atoms with E-state index >= 15 is 0 Å². The molecule has 0 atom stereocenters. The maximum absolute atomic E-state index is 11.6. The number of ether oxygens (including phenoxy) is 2. The Morgan fingerprint density at radius 2 is 1.42 bits per heavy atom. The average Bonchev–Trinajstić information content (AvgIpc) is 2.80. The molecule has 1 saturated heterocycles. The van der Waals surface area contributed by atoms with E-state index in [0.29, 0.717) is 23.6 Å². The minimum atomic E-state index is -0.335. The fourth-order valence-electron chi connectivity index (χ4n) is 4.52. The van der Waals surface area contributed by atoms with Crippen molar-refractivity contribution in [1.82, 2.24) is 0 Å². The number of hydrogen-bond donors (Lipinski definition) is 2. The topological polar surface area (TPSA) is 70.5 Å². The first kappa shape index (κ1) is 21.1.